The molecule has 3 aromatic rings. The zero-order valence-corrected chi connectivity index (χ0v) is 20.9. The first-order valence-corrected chi connectivity index (χ1v) is 12.5. The van der Waals surface area contributed by atoms with Crippen molar-refractivity contribution in [2.75, 3.05) is 38.2 Å². The standard InChI is InChI=1S/C27H31FN6O3/c1-3-12-29-26-30-13-11-20(31-26)22-21(18-7-9-19(28)10-8-18)32-23(33-22)24-36-16-27(2,17-37-24)25(35)34-14-5-4-6-15-34/h3,7-11,13,24H,1,4-6,12,14-17H2,2H3,(H,32,33)(H,29,30,31). The number of aromatic nitrogens is 4. The molecule has 0 atom stereocenters. The molecule has 9 nitrogen and oxygen atoms in total. The summed E-state index contributed by atoms with van der Waals surface area (Å²) in [7, 11) is 0. The molecule has 0 aliphatic carbocycles. The maximum absolute atomic E-state index is 13.6. The van der Waals surface area contributed by atoms with Gasteiger partial charge in [-0.1, -0.05) is 6.08 Å². The van der Waals surface area contributed by atoms with Crippen LogP contribution in [-0.4, -0.2) is 63.6 Å². The molecule has 0 bridgehead atoms. The van der Waals surface area contributed by atoms with Gasteiger partial charge in [-0.3, -0.25) is 4.79 Å². The van der Waals surface area contributed by atoms with E-state index in [9.17, 15) is 9.18 Å². The van der Waals surface area contributed by atoms with Crippen molar-refractivity contribution >= 4 is 11.9 Å². The number of imidazole rings is 1. The fourth-order valence-electron chi connectivity index (χ4n) is 4.62. The van der Waals surface area contributed by atoms with Crippen molar-refractivity contribution in [1.82, 2.24) is 24.8 Å². The van der Waals surface area contributed by atoms with E-state index in [2.05, 4.69) is 26.8 Å². The monoisotopic (exact) mass is 506 g/mol. The summed E-state index contributed by atoms with van der Waals surface area (Å²) >= 11 is 0. The molecule has 2 N–H and O–H groups in total. The predicted octanol–water partition coefficient (Wildman–Crippen LogP) is 4.33. The van der Waals surface area contributed by atoms with Gasteiger partial charge in [0, 0.05) is 31.4 Å². The highest BCUT2D eigenvalue weighted by Crippen LogP contribution is 2.36. The van der Waals surface area contributed by atoms with E-state index in [0.717, 1.165) is 32.4 Å². The maximum atomic E-state index is 13.6. The third kappa shape index (κ3) is 5.40. The third-order valence-electron chi connectivity index (χ3n) is 6.65. The summed E-state index contributed by atoms with van der Waals surface area (Å²) in [5.74, 6) is 0.616. The predicted molar refractivity (Wildman–Crippen MR) is 137 cm³/mol. The number of rotatable bonds is 7. The van der Waals surface area contributed by atoms with Crippen LogP contribution in [-0.2, 0) is 14.3 Å². The van der Waals surface area contributed by atoms with Gasteiger partial charge in [0.1, 0.15) is 5.82 Å². The van der Waals surface area contributed by atoms with Crippen LogP contribution >= 0.6 is 0 Å². The number of nitrogens with one attached hydrogen (secondary N) is 2. The smallest absolute Gasteiger partial charge is 0.233 e. The van der Waals surface area contributed by atoms with Crippen LogP contribution in [0.15, 0.2) is 49.2 Å². The van der Waals surface area contributed by atoms with E-state index in [1.54, 1.807) is 30.5 Å². The van der Waals surface area contributed by atoms with Gasteiger partial charge < -0.3 is 24.7 Å². The second kappa shape index (κ2) is 10.8. The number of aromatic amines is 1. The number of hydrogen-bond donors (Lipinski definition) is 2. The Labute approximate surface area is 215 Å². The van der Waals surface area contributed by atoms with Crippen LogP contribution in [0.1, 0.15) is 38.3 Å². The molecule has 194 valence electrons. The van der Waals surface area contributed by atoms with Crippen LogP contribution in [0.4, 0.5) is 10.3 Å². The Hall–Kier alpha value is -3.63. The second-order valence-corrected chi connectivity index (χ2v) is 9.66. The van der Waals surface area contributed by atoms with Crippen molar-refractivity contribution < 1.29 is 18.7 Å². The summed E-state index contributed by atoms with van der Waals surface area (Å²) in [4.78, 5) is 32.0. The molecule has 1 aromatic carbocycles. The summed E-state index contributed by atoms with van der Waals surface area (Å²) in [5.41, 5.74) is 1.75. The SMILES string of the molecule is C=CCNc1nccc(-c2[nH]c(C3OCC(C)(C(=O)N4CCCCC4)CO3)nc2-c2ccc(F)cc2)n1. The molecule has 2 aliphatic heterocycles. The van der Waals surface area contributed by atoms with Gasteiger partial charge in [0.25, 0.3) is 0 Å². The first kappa shape index (κ1) is 25.0. The normalized spacial score (nSPS) is 22.0. The molecule has 2 saturated heterocycles. The van der Waals surface area contributed by atoms with E-state index in [4.69, 9.17) is 14.5 Å². The molecule has 0 spiro atoms. The number of carbonyl (C=O) groups excluding carboxylic acids is 1. The summed E-state index contributed by atoms with van der Waals surface area (Å²) in [6, 6.07) is 7.85. The fraction of sp³-hybridized carbons (Fsp3) is 0.407. The Morgan fingerprint density at radius 2 is 1.92 bits per heavy atom. The van der Waals surface area contributed by atoms with Gasteiger partial charge in [-0.15, -0.1) is 6.58 Å². The Morgan fingerprint density at radius 1 is 1.19 bits per heavy atom. The van der Waals surface area contributed by atoms with E-state index in [-0.39, 0.29) is 24.9 Å². The number of anilines is 1. The van der Waals surface area contributed by atoms with E-state index in [1.165, 1.54) is 12.1 Å². The van der Waals surface area contributed by atoms with Crippen LogP contribution in [0.25, 0.3) is 22.6 Å². The molecule has 0 saturated carbocycles. The van der Waals surface area contributed by atoms with Crippen LogP contribution in [0.3, 0.4) is 0 Å². The fourth-order valence-corrected chi connectivity index (χ4v) is 4.62. The Kier molecular flexibility index (Phi) is 7.29. The lowest BCUT2D eigenvalue weighted by Gasteiger charge is -2.40. The molecule has 2 aromatic heterocycles. The number of benzene rings is 1. The Morgan fingerprint density at radius 3 is 2.62 bits per heavy atom. The number of likely N-dealkylation sites (tertiary alicyclic amines) is 1. The van der Waals surface area contributed by atoms with Gasteiger partial charge in [-0.05, 0) is 56.5 Å². The molecule has 37 heavy (non-hydrogen) atoms. The van der Waals surface area contributed by atoms with Crippen LogP contribution in [0, 0.1) is 11.2 Å². The van der Waals surface area contributed by atoms with Crippen molar-refractivity contribution in [1.29, 1.82) is 0 Å². The van der Waals surface area contributed by atoms with Crippen molar-refractivity contribution in [3.8, 4) is 22.6 Å². The second-order valence-electron chi connectivity index (χ2n) is 9.66. The van der Waals surface area contributed by atoms with E-state index in [0.29, 0.717) is 41.0 Å². The molecule has 5 rings (SSSR count). The first-order chi connectivity index (χ1) is 18.0. The molecule has 2 fully saturated rings. The average molecular weight is 507 g/mol. The zero-order chi connectivity index (χ0) is 25.8. The van der Waals surface area contributed by atoms with Gasteiger partial charge in [0.2, 0.25) is 18.1 Å². The summed E-state index contributed by atoms with van der Waals surface area (Å²) in [5, 5.41) is 3.08. The molecule has 1 amide bonds. The quantitative estimate of drug-likeness (QED) is 0.460. The summed E-state index contributed by atoms with van der Waals surface area (Å²) < 4.78 is 25.7. The zero-order valence-electron chi connectivity index (χ0n) is 20.9. The van der Waals surface area contributed by atoms with Gasteiger partial charge in [-0.25, -0.2) is 19.3 Å². The van der Waals surface area contributed by atoms with Crippen LogP contribution in [0.5, 0.6) is 0 Å². The number of hydrogen-bond acceptors (Lipinski definition) is 7. The van der Waals surface area contributed by atoms with Crippen LogP contribution < -0.4 is 5.32 Å². The number of nitrogens with zero attached hydrogens (tertiary/aromatic N) is 4. The van der Waals surface area contributed by atoms with Crippen molar-refractivity contribution in [3.05, 3.63) is 60.8 Å². The summed E-state index contributed by atoms with van der Waals surface area (Å²) in [6.45, 7) is 8.11. The van der Waals surface area contributed by atoms with E-state index < -0.39 is 11.7 Å². The van der Waals surface area contributed by atoms with Gasteiger partial charge >= 0.3 is 0 Å². The highest BCUT2D eigenvalue weighted by Gasteiger charge is 2.43. The molecular weight excluding hydrogens is 475 g/mol. The minimum absolute atomic E-state index is 0.0679. The van der Waals surface area contributed by atoms with E-state index >= 15 is 0 Å². The highest BCUT2D eigenvalue weighted by molar-refractivity contribution is 5.83. The molecule has 0 radical (unpaired) electrons. The maximum Gasteiger partial charge on any atom is 0.233 e. The van der Waals surface area contributed by atoms with Gasteiger partial charge in [-0.2, -0.15) is 0 Å². The molecule has 0 unspecified atom stereocenters. The lowest BCUT2D eigenvalue weighted by molar-refractivity contribution is -0.234. The Balaban J connectivity index is 1.41. The van der Waals surface area contributed by atoms with Crippen molar-refractivity contribution in [3.63, 3.8) is 0 Å². The molecule has 2 aliphatic rings. The topological polar surface area (TPSA) is 105 Å². The number of amides is 1. The van der Waals surface area contributed by atoms with E-state index in [1.807, 2.05) is 11.8 Å². The van der Waals surface area contributed by atoms with Gasteiger partial charge in [0.05, 0.1) is 35.7 Å². The number of ether oxygens (including phenoxy) is 2. The van der Waals surface area contributed by atoms with Crippen molar-refractivity contribution in [2.45, 2.75) is 32.5 Å². The first-order valence-electron chi connectivity index (χ1n) is 12.5. The lowest BCUT2D eigenvalue weighted by Crippen LogP contribution is -2.51. The number of halogens is 1. The molecule has 10 heteroatoms. The molecular formula is C27H31FN6O3. The van der Waals surface area contributed by atoms with Gasteiger partial charge in [0.15, 0.2) is 5.82 Å². The third-order valence-corrected chi connectivity index (χ3v) is 6.65. The number of carbonyl (C=O) groups is 1. The average Bonchev–Trinajstić information content (AvgIpc) is 3.38. The largest absolute Gasteiger partial charge is 0.351 e. The minimum Gasteiger partial charge on any atom is -0.351 e. The molecule has 4 heterocycles. The lowest BCUT2D eigenvalue weighted by atomic mass is 9.89. The van der Waals surface area contributed by atoms with Crippen LogP contribution in [0.2, 0.25) is 0 Å². The Bertz CT molecular complexity index is 1250. The number of piperidine rings is 1. The summed E-state index contributed by atoms with van der Waals surface area (Å²) in [6.07, 6.45) is 5.80. The number of H-pyrrole nitrogens is 1. The minimum atomic E-state index is -0.782. The van der Waals surface area contributed by atoms with Crippen molar-refractivity contribution in [2.24, 2.45) is 5.41 Å². The highest BCUT2D eigenvalue weighted by atomic mass is 19.1.